The number of likely N-dealkylation sites (N-methyl/N-ethyl adjacent to an activating group) is 1. The van der Waals surface area contributed by atoms with Crippen molar-refractivity contribution in [3.8, 4) is 11.5 Å². The first kappa shape index (κ1) is 22.7. The summed E-state index contributed by atoms with van der Waals surface area (Å²) in [6, 6.07) is 10.0. The van der Waals surface area contributed by atoms with Gasteiger partial charge in [-0.05, 0) is 81.3 Å². The van der Waals surface area contributed by atoms with Crippen LogP contribution in [0.2, 0.25) is 0 Å². The van der Waals surface area contributed by atoms with Crippen LogP contribution in [0.15, 0.2) is 36.4 Å². The summed E-state index contributed by atoms with van der Waals surface area (Å²) in [6.07, 6.45) is 3.89. The number of hydrogen-bond acceptors (Lipinski definition) is 4. The maximum Gasteiger partial charge on any atom is 0.171 e. The molecule has 0 amide bonds. The summed E-state index contributed by atoms with van der Waals surface area (Å²) in [5.41, 5.74) is 1.34. The first-order valence-electron chi connectivity index (χ1n) is 10.8. The fraction of sp³-hybridized carbons (Fsp3) is 0.458. The summed E-state index contributed by atoms with van der Waals surface area (Å²) < 4.78 is 38.4. The van der Waals surface area contributed by atoms with Crippen molar-refractivity contribution >= 4 is 23.0 Å². The Kier molecular flexibility index (Phi) is 6.53. The Morgan fingerprint density at radius 1 is 1.09 bits per heavy atom. The molecule has 0 aromatic heterocycles. The van der Waals surface area contributed by atoms with Gasteiger partial charge in [-0.3, -0.25) is 0 Å². The lowest BCUT2D eigenvalue weighted by molar-refractivity contribution is 0.161. The monoisotopic (exact) mass is 461 g/mol. The molecule has 2 aromatic carbocycles. The van der Waals surface area contributed by atoms with Gasteiger partial charge in [0.1, 0.15) is 11.6 Å². The molecule has 4 rings (SSSR count). The number of nitrogens with one attached hydrogen (secondary N) is 2. The maximum atomic E-state index is 13.9. The summed E-state index contributed by atoms with van der Waals surface area (Å²) in [6.45, 7) is 1.02. The lowest BCUT2D eigenvalue weighted by atomic mass is 9.65. The quantitative estimate of drug-likeness (QED) is 0.641. The van der Waals surface area contributed by atoms with E-state index < -0.39 is 11.6 Å². The predicted octanol–water partition coefficient (Wildman–Crippen LogP) is 4.46. The number of hydrogen-bond donors (Lipinski definition) is 2. The Balaban J connectivity index is 1.49. The predicted molar refractivity (Wildman–Crippen MR) is 126 cm³/mol. The third kappa shape index (κ3) is 4.26. The van der Waals surface area contributed by atoms with Crippen LogP contribution in [-0.4, -0.2) is 49.9 Å². The van der Waals surface area contributed by atoms with Crippen LogP contribution in [0.3, 0.4) is 0 Å². The summed E-state index contributed by atoms with van der Waals surface area (Å²) in [4.78, 5) is 2.41. The minimum absolute atomic E-state index is 0.0379. The average molecular weight is 462 g/mol. The summed E-state index contributed by atoms with van der Waals surface area (Å²) in [5.74, 6) is 0.422. The minimum Gasteiger partial charge on any atom is -0.493 e. The van der Waals surface area contributed by atoms with Crippen LogP contribution in [0.5, 0.6) is 11.5 Å². The molecule has 2 aromatic rings. The molecular weight excluding hydrogens is 432 g/mol. The molecule has 3 atom stereocenters. The molecular formula is C24H29F2N3O2S. The van der Waals surface area contributed by atoms with E-state index in [0.717, 1.165) is 61.9 Å². The highest BCUT2D eigenvalue weighted by atomic mass is 32.1. The van der Waals surface area contributed by atoms with Crippen LogP contribution in [0.4, 0.5) is 14.5 Å². The molecule has 0 unspecified atom stereocenters. The molecule has 2 N–H and O–H groups in total. The standard InChI is InChI=1S/C24H29F2N3O2S/c1-29-11-10-24(15-4-7-20(30-2)21(12-15)31-3)9-8-17(14-22(24)29)27-23(32)28-19-13-16(25)5-6-18(19)26/h4-7,12-13,17,22H,8-11,14H2,1-3H3,(H2,27,28,32)/t17-,22+,24-/m0/s1. The molecule has 1 saturated heterocycles. The number of methoxy groups -OCH3 is 2. The van der Waals surface area contributed by atoms with Crippen LogP contribution in [0.25, 0.3) is 0 Å². The van der Waals surface area contributed by atoms with E-state index in [4.69, 9.17) is 21.7 Å². The highest BCUT2D eigenvalue weighted by Gasteiger charge is 2.50. The second-order valence-corrected chi connectivity index (χ2v) is 9.07. The number of thiocarbonyl (C=S) groups is 1. The van der Waals surface area contributed by atoms with Crippen molar-refractivity contribution in [1.29, 1.82) is 0 Å². The van der Waals surface area contributed by atoms with E-state index in [0.29, 0.717) is 11.2 Å². The third-order valence-corrected chi connectivity index (χ3v) is 7.22. The molecule has 8 heteroatoms. The van der Waals surface area contributed by atoms with E-state index in [1.54, 1.807) is 14.2 Å². The second kappa shape index (κ2) is 9.19. The summed E-state index contributed by atoms with van der Waals surface area (Å²) in [7, 11) is 5.47. The Labute approximate surface area is 193 Å². The van der Waals surface area contributed by atoms with Crippen molar-refractivity contribution in [3.63, 3.8) is 0 Å². The van der Waals surface area contributed by atoms with Gasteiger partial charge in [0.05, 0.1) is 19.9 Å². The zero-order valence-electron chi connectivity index (χ0n) is 18.6. The second-order valence-electron chi connectivity index (χ2n) is 8.67. The number of ether oxygens (including phenoxy) is 2. The summed E-state index contributed by atoms with van der Waals surface area (Å²) >= 11 is 5.40. The van der Waals surface area contributed by atoms with E-state index in [2.05, 4.69) is 34.7 Å². The number of halogens is 2. The molecule has 1 saturated carbocycles. The van der Waals surface area contributed by atoms with Crippen LogP contribution < -0.4 is 20.1 Å². The Bertz CT molecular complexity index is 1010. The van der Waals surface area contributed by atoms with E-state index in [1.807, 2.05) is 6.07 Å². The molecule has 1 aliphatic carbocycles. The molecule has 5 nitrogen and oxygen atoms in total. The highest BCUT2D eigenvalue weighted by Crippen LogP contribution is 2.49. The Morgan fingerprint density at radius 3 is 2.62 bits per heavy atom. The van der Waals surface area contributed by atoms with E-state index in [9.17, 15) is 8.78 Å². The number of likely N-dealkylation sites (tertiary alicyclic amines) is 1. The Hall–Kier alpha value is -2.45. The highest BCUT2D eigenvalue weighted by molar-refractivity contribution is 7.80. The van der Waals surface area contributed by atoms with Gasteiger partial charge < -0.3 is 25.0 Å². The zero-order valence-corrected chi connectivity index (χ0v) is 19.4. The van der Waals surface area contributed by atoms with E-state index in [-0.39, 0.29) is 17.1 Å². The lowest BCUT2D eigenvalue weighted by Crippen LogP contribution is -2.52. The van der Waals surface area contributed by atoms with Gasteiger partial charge in [-0.2, -0.15) is 0 Å². The van der Waals surface area contributed by atoms with Gasteiger partial charge >= 0.3 is 0 Å². The molecule has 172 valence electrons. The number of anilines is 1. The smallest absolute Gasteiger partial charge is 0.171 e. The van der Waals surface area contributed by atoms with Gasteiger partial charge in [0.25, 0.3) is 0 Å². The SMILES string of the molecule is COc1ccc([C@@]23CC[C@H](NC(=S)Nc4cc(F)ccc4F)C[C@H]2N(C)CC3)cc1OC. The fourth-order valence-corrected chi connectivity index (χ4v) is 5.61. The van der Waals surface area contributed by atoms with Gasteiger partial charge in [0.15, 0.2) is 16.6 Å². The van der Waals surface area contributed by atoms with Crippen molar-refractivity contribution in [2.45, 2.75) is 43.2 Å². The molecule has 2 fully saturated rings. The first-order chi connectivity index (χ1) is 15.4. The minimum atomic E-state index is -0.540. The molecule has 32 heavy (non-hydrogen) atoms. The summed E-state index contributed by atoms with van der Waals surface area (Å²) in [5, 5.41) is 6.42. The maximum absolute atomic E-state index is 13.9. The van der Waals surface area contributed by atoms with Crippen molar-refractivity contribution < 1.29 is 18.3 Å². The largest absolute Gasteiger partial charge is 0.493 e. The van der Waals surface area contributed by atoms with Crippen molar-refractivity contribution in [1.82, 2.24) is 10.2 Å². The van der Waals surface area contributed by atoms with Crippen molar-refractivity contribution in [2.24, 2.45) is 0 Å². The number of benzene rings is 2. The molecule has 1 heterocycles. The van der Waals surface area contributed by atoms with Crippen LogP contribution in [0.1, 0.15) is 31.2 Å². The van der Waals surface area contributed by atoms with E-state index >= 15 is 0 Å². The van der Waals surface area contributed by atoms with Gasteiger partial charge in [0, 0.05) is 23.6 Å². The van der Waals surface area contributed by atoms with Crippen LogP contribution in [0, 0.1) is 11.6 Å². The zero-order chi connectivity index (χ0) is 22.9. The average Bonchev–Trinajstić information content (AvgIpc) is 3.13. The normalized spacial score (nSPS) is 25.2. The van der Waals surface area contributed by atoms with Gasteiger partial charge in [-0.1, -0.05) is 6.07 Å². The Morgan fingerprint density at radius 2 is 1.88 bits per heavy atom. The van der Waals surface area contributed by atoms with Gasteiger partial charge in [-0.15, -0.1) is 0 Å². The van der Waals surface area contributed by atoms with E-state index in [1.165, 1.54) is 5.56 Å². The first-order valence-corrected chi connectivity index (χ1v) is 11.2. The topological polar surface area (TPSA) is 45.8 Å². The van der Waals surface area contributed by atoms with Gasteiger partial charge in [0.2, 0.25) is 0 Å². The number of rotatable bonds is 5. The lowest BCUT2D eigenvalue weighted by Gasteiger charge is -2.45. The fourth-order valence-electron chi connectivity index (χ4n) is 5.33. The van der Waals surface area contributed by atoms with Crippen LogP contribution in [-0.2, 0) is 5.41 Å². The van der Waals surface area contributed by atoms with Gasteiger partial charge in [-0.25, -0.2) is 8.78 Å². The molecule has 0 bridgehead atoms. The molecule has 0 spiro atoms. The van der Waals surface area contributed by atoms with Crippen molar-refractivity contribution in [2.75, 3.05) is 33.1 Å². The third-order valence-electron chi connectivity index (χ3n) is 7.00. The molecule has 1 aliphatic heterocycles. The molecule has 0 radical (unpaired) electrons. The van der Waals surface area contributed by atoms with Crippen LogP contribution >= 0.6 is 12.2 Å². The number of nitrogens with zero attached hydrogens (tertiary/aromatic N) is 1. The molecule has 2 aliphatic rings. The number of fused-ring (bicyclic) bond motifs is 1. The van der Waals surface area contributed by atoms with Crippen molar-refractivity contribution in [3.05, 3.63) is 53.6 Å².